The van der Waals surface area contributed by atoms with Crippen molar-refractivity contribution < 1.29 is 19.1 Å². The molecule has 5 heteroatoms. The van der Waals surface area contributed by atoms with Crippen molar-refractivity contribution in [2.45, 2.75) is 40.2 Å². The second-order valence-electron chi connectivity index (χ2n) is 6.09. The number of hydrogen-bond acceptors (Lipinski definition) is 4. The van der Waals surface area contributed by atoms with Crippen molar-refractivity contribution in [3.05, 3.63) is 41.5 Å². The van der Waals surface area contributed by atoms with E-state index >= 15 is 0 Å². The summed E-state index contributed by atoms with van der Waals surface area (Å²) in [5, 5.41) is 2.68. The van der Waals surface area contributed by atoms with Crippen LogP contribution in [0.2, 0.25) is 0 Å². The smallest absolute Gasteiger partial charge is 0.407 e. The molecule has 0 aliphatic heterocycles. The van der Waals surface area contributed by atoms with Crippen molar-refractivity contribution in [3.8, 4) is 0 Å². The molecule has 1 aromatic rings. The third-order valence-corrected chi connectivity index (χ3v) is 2.89. The summed E-state index contributed by atoms with van der Waals surface area (Å²) < 4.78 is 10.2. The number of aryl methyl sites for hydroxylation is 1. The van der Waals surface area contributed by atoms with Gasteiger partial charge in [0.25, 0.3) is 0 Å². The highest BCUT2D eigenvalue weighted by Crippen LogP contribution is 2.18. The molecule has 0 bridgehead atoms. The SMILES string of the molecule is CCOC(=O)/C=C(/CNC(=O)OC(C)(C)C)c1ccccc1C. The van der Waals surface area contributed by atoms with Crippen LogP contribution >= 0.6 is 0 Å². The van der Waals surface area contributed by atoms with Crippen molar-refractivity contribution in [1.29, 1.82) is 0 Å². The van der Waals surface area contributed by atoms with E-state index in [1.54, 1.807) is 27.7 Å². The molecule has 0 saturated carbocycles. The summed E-state index contributed by atoms with van der Waals surface area (Å²) >= 11 is 0. The molecular weight excluding hydrogens is 294 g/mol. The molecule has 0 radical (unpaired) electrons. The van der Waals surface area contributed by atoms with Gasteiger partial charge in [0.05, 0.1) is 6.61 Å². The first-order valence-electron chi connectivity index (χ1n) is 7.63. The molecule has 0 aliphatic carbocycles. The first kappa shape index (κ1) is 18.7. The lowest BCUT2D eigenvalue weighted by Crippen LogP contribution is -2.33. The van der Waals surface area contributed by atoms with E-state index in [2.05, 4.69) is 5.32 Å². The van der Waals surface area contributed by atoms with Gasteiger partial charge in [-0.2, -0.15) is 0 Å². The number of hydrogen-bond donors (Lipinski definition) is 1. The van der Waals surface area contributed by atoms with Crippen LogP contribution in [-0.4, -0.2) is 30.8 Å². The average molecular weight is 319 g/mol. The van der Waals surface area contributed by atoms with E-state index in [-0.39, 0.29) is 6.54 Å². The molecule has 0 atom stereocenters. The predicted molar refractivity (Wildman–Crippen MR) is 90.0 cm³/mol. The monoisotopic (exact) mass is 319 g/mol. The Bertz CT molecular complexity index is 585. The molecule has 23 heavy (non-hydrogen) atoms. The Labute approximate surface area is 137 Å². The summed E-state index contributed by atoms with van der Waals surface area (Å²) in [6.45, 7) is 9.56. The van der Waals surface area contributed by atoms with Gasteiger partial charge >= 0.3 is 12.1 Å². The maximum Gasteiger partial charge on any atom is 0.407 e. The van der Waals surface area contributed by atoms with Crippen LogP contribution in [0.25, 0.3) is 5.57 Å². The van der Waals surface area contributed by atoms with E-state index in [4.69, 9.17) is 9.47 Å². The molecule has 5 nitrogen and oxygen atoms in total. The maximum atomic E-state index is 11.8. The lowest BCUT2D eigenvalue weighted by Gasteiger charge is -2.20. The normalized spacial score (nSPS) is 11.8. The van der Waals surface area contributed by atoms with Gasteiger partial charge in [0.1, 0.15) is 5.60 Å². The van der Waals surface area contributed by atoms with Crippen LogP contribution in [0.3, 0.4) is 0 Å². The average Bonchev–Trinajstić information content (AvgIpc) is 2.42. The molecule has 1 aromatic carbocycles. The van der Waals surface area contributed by atoms with E-state index < -0.39 is 17.7 Å². The Morgan fingerprint density at radius 3 is 2.43 bits per heavy atom. The third kappa shape index (κ3) is 7.00. The number of esters is 1. The first-order chi connectivity index (χ1) is 10.7. The Kier molecular flexibility index (Phi) is 6.82. The van der Waals surface area contributed by atoms with Crippen LogP contribution in [0.4, 0.5) is 4.79 Å². The molecule has 1 amide bonds. The summed E-state index contributed by atoms with van der Waals surface area (Å²) in [4.78, 5) is 23.6. The fraction of sp³-hybridized carbons (Fsp3) is 0.444. The quantitative estimate of drug-likeness (QED) is 0.667. The van der Waals surface area contributed by atoms with Gasteiger partial charge in [-0.05, 0) is 51.3 Å². The van der Waals surface area contributed by atoms with Crippen LogP contribution in [0, 0.1) is 6.92 Å². The van der Waals surface area contributed by atoms with Gasteiger partial charge in [-0.25, -0.2) is 9.59 Å². The van der Waals surface area contributed by atoms with E-state index in [1.165, 1.54) is 6.08 Å². The Morgan fingerprint density at radius 1 is 1.22 bits per heavy atom. The Morgan fingerprint density at radius 2 is 1.87 bits per heavy atom. The summed E-state index contributed by atoms with van der Waals surface area (Å²) in [7, 11) is 0. The molecule has 0 saturated heterocycles. The van der Waals surface area contributed by atoms with Crippen molar-refractivity contribution in [1.82, 2.24) is 5.32 Å². The van der Waals surface area contributed by atoms with Crippen LogP contribution in [0.1, 0.15) is 38.8 Å². The van der Waals surface area contributed by atoms with E-state index in [9.17, 15) is 9.59 Å². The highest BCUT2D eigenvalue weighted by atomic mass is 16.6. The molecule has 0 spiro atoms. The van der Waals surface area contributed by atoms with Gasteiger partial charge < -0.3 is 14.8 Å². The van der Waals surface area contributed by atoms with Gasteiger partial charge in [0, 0.05) is 12.6 Å². The predicted octanol–water partition coefficient (Wildman–Crippen LogP) is 3.47. The highest BCUT2D eigenvalue weighted by Gasteiger charge is 2.17. The zero-order chi connectivity index (χ0) is 17.5. The number of carbonyl (C=O) groups excluding carboxylic acids is 2. The number of nitrogens with one attached hydrogen (secondary N) is 1. The minimum Gasteiger partial charge on any atom is -0.463 e. The van der Waals surface area contributed by atoms with Crippen LogP contribution in [0.15, 0.2) is 30.3 Å². The van der Waals surface area contributed by atoms with Gasteiger partial charge in [-0.1, -0.05) is 24.3 Å². The van der Waals surface area contributed by atoms with Crippen molar-refractivity contribution in [2.24, 2.45) is 0 Å². The summed E-state index contributed by atoms with van der Waals surface area (Å²) in [5.74, 6) is -0.434. The van der Waals surface area contributed by atoms with Crippen molar-refractivity contribution in [2.75, 3.05) is 13.2 Å². The third-order valence-electron chi connectivity index (χ3n) is 2.89. The van der Waals surface area contributed by atoms with E-state index in [0.717, 1.165) is 11.1 Å². The largest absolute Gasteiger partial charge is 0.463 e. The summed E-state index contributed by atoms with van der Waals surface area (Å²) in [6, 6.07) is 7.65. The maximum absolute atomic E-state index is 11.8. The number of rotatable bonds is 5. The Hall–Kier alpha value is -2.30. The second-order valence-corrected chi connectivity index (χ2v) is 6.09. The van der Waals surface area contributed by atoms with Gasteiger partial charge in [-0.3, -0.25) is 0 Å². The molecule has 0 heterocycles. The lowest BCUT2D eigenvalue weighted by molar-refractivity contribution is -0.137. The van der Waals surface area contributed by atoms with Crippen molar-refractivity contribution in [3.63, 3.8) is 0 Å². The summed E-state index contributed by atoms with van der Waals surface area (Å²) in [6.07, 6.45) is 0.879. The number of carbonyl (C=O) groups is 2. The molecule has 1 N–H and O–H groups in total. The summed E-state index contributed by atoms with van der Waals surface area (Å²) in [5.41, 5.74) is 2.00. The number of ether oxygens (including phenoxy) is 2. The second kappa shape index (κ2) is 8.36. The molecule has 0 unspecified atom stereocenters. The Balaban J connectivity index is 2.91. The van der Waals surface area contributed by atoms with E-state index in [0.29, 0.717) is 12.2 Å². The minimum absolute atomic E-state index is 0.179. The van der Waals surface area contributed by atoms with Gasteiger partial charge in [0.2, 0.25) is 0 Å². The van der Waals surface area contributed by atoms with Gasteiger partial charge in [0.15, 0.2) is 0 Å². The molecule has 0 fully saturated rings. The van der Waals surface area contributed by atoms with Gasteiger partial charge in [-0.15, -0.1) is 0 Å². The lowest BCUT2D eigenvalue weighted by atomic mass is 10.0. The molecular formula is C18H25NO4. The minimum atomic E-state index is -0.572. The topological polar surface area (TPSA) is 64.6 Å². The fourth-order valence-electron chi connectivity index (χ4n) is 1.96. The highest BCUT2D eigenvalue weighted by molar-refractivity contribution is 5.92. The van der Waals surface area contributed by atoms with Crippen LogP contribution in [-0.2, 0) is 14.3 Å². The first-order valence-corrected chi connectivity index (χ1v) is 7.63. The standard InChI is InChI=1S/C18H25NO4/c1-6-22-16(20)11-14(15-10-8-7-9-13(15)2)12-19-17(21)23-18(3,4)5/h7-11H,6,12H2,1-5H3,(H,19,21)/b14-11-. The number of benzene rings is 1. The molecule has 1 rings (SSSR count). The molecule has 0 aliphatic rings. The van der Waals surface area contributed by atoms with E-state index in [1.807, 2.05) is 31.2 Å². The molecule has 0 aromatic heterocycles. The zero-order valence-corrected chi connectivity index (χ0v) is 14.4. The van der Waals surface area contributed by atoms with Crippen molar-refractivity contribution >= 4 is 17.6 Å². The fourth-order valence-corrected chi connectivity index (χ4v) is 1.96. The van der Waals surface area contributed by atoms with Crippen LogP contribution < -0.4 is 5.32 Å². The number of amides is 1. The molecule has 126 valence electrons. The number of alkyl carbamates (subject to hydrolysis) is 1. The zero-order valence-electron chi connectivity index (χ0n) is 14.4. The van der Waals surface area contributed by atoms with Crippen LogP contribution in [0.5, 0.6) is 0 Å².